The van der Waals surface area contributed by atoms with E-state index in [1.165, 1.54) is 12.8 Å². The molecule has 1 saturated carbocycles. The van der Waals surface area contributed by atoms with Crippen LogP contribution in [0.15, 0.2) is 0 Å². The fourth-order valence-corrected chi connectivity index (χ4v) is 2.26. The number of rotatable bonds is 4. The zero-order chi connectivity index (χ0) is 9.73. The summed E-state index contributed by atoms with van der Waals surface area (Å²) in [6.07, 6.45) is 4.74. The van der Waals surface area contributed by atoms with Gasteiger partial charge in [0.2, 0.25) is 0 Å². The van der Waals surface area contributed by atoms with Crippen molar-refractivity contribution in [2.24, 2.45) is 5.73 Å². The molecule has 1 aliphatic carbocycles. The van der Waals surface area contributed by atoms with Crippen LogP contribution >= 0.6 is 0 Å². The lowest BCUT2D eigenvalue weighted by molar-refractivity contribution is -0.146. The highest BCUT2D eigenvalue weighted by Crippen LogP contribution is 2.32. The molecule has 3 nitrogen and oxygen atoms in total. The largest absolute Gasteiger partial charge is 0.378 e. The highest BCUT2D eigenvalue weighted by atomic mass is 16.5. The number of methoxy groups -OCH3 is 1. The Labute approximate surface area is 80.6 Å². The van der Waals surface area contributed by atoms with Crippen molar-refractivity contribution >= 4 is 0 Å². The van der Waals surface area contributed by atoms with Gasteiger partial charge in [-0.15, -0.1) is 0 Å². The van der Waals surface area contributed by atoms with Crippen LogP contribution in [0.25, 0.3) is 0 Å². The molecule has 2 unspecified atom stereocenters. The summed E-state index contributed by atoms with van der Waals surface area (Å²) < 4.78 is 11.2. The lowest BCUT2D eigenvalue weighted by Gasteiger charge is -2.42. The molecule has 3 heteroatoms. The van der Waals surface area contributed by atoms with Crippen molar-refractivity contribution in [3.63, 3.8) is 0 Å². The molecular weight excluding hydrogens is 166 g/mol. The van der Waals surface area contributed by atoms with Crippen molar-refractivity contribution < 1.29 is 9.47 Å². The average molecular weight is 187 g/mol. The summed E-state index contributed by atoms with van der Waals surface area (Å²) in [4.78, 5) is 0. The van der Waals surface area contributed by atoms with Crippen LogP contribution in [-0.4, -0.2) is 32.0 Å². The van der Waals surface area contributed by atoms with Crippen molar-refractivity contribution in [2.75, 3.05) is 20.3 Å². The Morgan fingerprint density at radius 3 is 2.77 bits per heavy atom. The molecule has 0 amide bonds. The first-order valence-corrected chi connectivity index (χ1v) is 5.16. The van der Waals surface area contributed by atoms with E-state index in [9.17, 15) is 0 Å². The Kier molecular flexibility index (Phi) is 4.16. The first-order chi connectivity index (χ1) is 6.29. The lowest BCUT2D eigenvalue weighted by atomic mass is 9.82. The third-order valence-corrected chi connectivity index (χ3v) is 2.96. The Morgan fingerprint density at radius 2 is 2.23 bits per heavy atom. The van der Waals surface area contributed by atoms with Crippen molar-refractivity contribution in [1.29, 1.82) is 0 Å². The van der Waals surface area contributed by atoms with E-state index in [2.05, 4.69) is 0 Å². The van der Waals surface area contributed by atoms with Crippen molar-refractivity contribution in [3.8, 4) is 0 Å². The minimum absolute atomic E-state index is 0.186. The fraction of sp³-hybridized carbons (Fsp3) is 1.00. The molecule has 0 aromatic heterocycles. The third kappa shape index (κ3) is 2.22. The average Bonchev–Trinajstić information content (AvgIpc) is 2.19. The Balaban J connectivity index is 2.66. The van der Waals surface area contributed by atoms with Gasteiger partial charge in [0.1, 0.15) is 5.60 Å². The number of ether oxygens (including phenoxy) is 2. The molecule has 13 heavy (non-hydrogen) atoms. The molecular formula is C10H21NO2. The molecule has 1 rings (SSSR count). The van der Waals surface area contributed by atoms with Crippen molar-refractivity contribution in [2.45, 2.75) is 44.3 Å². The van der Waals surface area contributed by atoms with E-state index >= 15 is 0 Å². The maximum absolute atomic E-state index is 5.79. The fourth-order valence-electron chi connectivity index (χ4n) is 2.26. The molecule has 0 spiro atoms. The Hall–Kier alpha value is -0.120. The maximum atomic E-state index is 5.79. The van der Waals surface area contributed by atoms with Gasteiger partial charge in [-0.25, -0.2) is 0 Å². The van der Waals surface area contributed by atoms with Crippen LogP contribution in [0, 0.1) is 0 Å². The van der Waals surface area contributed by atoms with Crippen LogP contribution in [0.3, 0.4) is 0 Å². The van der Waals surface area contributed by atoms with Gasteiger partial charge in [-0.3, -0.25) is 0 Å². The summed E-state index contributed by atoms with van der Waals surface area (Å²) in [7, 11) is 1.75. The summed E-state index contributed by atoms with van der Waals surface area (Å²) >= 11 is 0. The first-order valence-electron chi connectivity index (χ1n) is 5.16. The topological polar surface area (TPSA) is 44.5 Å². The van der Waals surface area contributed by atoms with Gasteiger partial charge in [0.05, 0.1) is 6.10 Å². The van der Waals surface area contributed by atoms with Crippen LogP contribution in [0.5, 0.6) is 0 Å². The second-order valence-electron chi connectivity index (χ2n) is 3.67. The van der Waals surface area contributed by atoms with Crippen LogP contribution < -0.4 is 5.73 Å². The molecule has 0 aromatic carbocycles. The molecule has 0 aliphatic heterocycles. The Bertz CT molecular complexity index is 148. The number of hydrogen-bond donors (Lipinski definition) is 1. The van der Waals surface area contributed by atoms with Gasteiger partial charge in [0, 0.05) is 20.3 Å². The van der Waals surface area contributed by atoms with E-state index in [0.29, 0.717) is 6.54 Å². The van der Waals surface area contributed by atoms with Crippen LogP contribution in [0.1, 0.15) is 32.6 Å². The zero-order valence-electron chi connectivity index (χ0n) is 8.71. The van der Waals surface area contributed by atoms with Crippen LogP contribution in [-0.2, 0) is 9.47 Å². The summed E-state index contributed by atoms with van der Waals surface area (Å²) in [5.41, 5.74) is 5.58. The van der Waals surface area contributed by atoms with Gasteiger partial charge in [-0.2, -0.15) is 0 Å². The Morgan fingerprint density at radius 1 is 1.46 bits per heavy atom. The smallest absolute Gasteiger partial charge is 0.106 e. The molecule has 0 saturated heterocycles. The quantitative estimate of drug-likeness (QED) is 0.721. The van der Waals surface area contributed by atoms with Gasteiger partial charge in [-0.1, -0.05) is 12.8 Å². The van der Waals surface area contributed by atoms with Crippen LogP contribution in [0.2, 0.25) is 0 Å². The van der Waals surface area contributed by atoms with Crippen molar-refractivity contribution in [3.05, 3.63) is 0 Å². The van der Waals surface area contributed by atoms with E-state index in [-0.39, 0.29) is 11.7 Å². The highest BCUT2D eigenvalue weighted by molar-refractivity contribution is 4.93. The van der Waals surface area contributed by atoms with Gasteiger partial charge >= 0.3 is 0 Å². The molecule has 0 heterocycles. The monoisotopic (exact) mass is 187 g/mol. The molecule has 1 fully saturated rings. The maximum Gasteiger partial charge on any atom is 0.106 e. The predicted octanol–water partition coefficient (Wildman–Crippen LogP) is 1.31. The molecule has 0 aromatic rings. The summed E-state index contributed by atoms with van der Waals surface area (Å²) in [6, 6.07) is 0. The lowest BCUT2D eigenvalue weighted by Crippen LogP contribution is -2.53. The van der Waals surface area contributed by atoms with Gasteiger partial charge in [-0.05, 0) is 19.8 Å². The second-order valence-corrected chi connectivity index (χ2v) is 3.67. The normalized spacial score (nSPS) is 34.8. The summed E-state index contributed by atoms with van der Waals surface area (Å²) in [6.45, 7) is 3.30. The van der Waals surface area contributed by atoms with Gasteiger partial charge in [0.25, 0.3) is 0 Å². The minimum Gasteiger partial charge on any atom is -0.378 e. The van der Waals surface area contributed by atoms with Gasteiger partial charge < -0.3 is 15.2 Å². The first kappa shape index (κ1) is 11.0. The third-order valence-electron chi connectivity index (χ3n) is 2.96. The van der Waals surface area contributed by atoms with E-state index in [0.717, 1.165) is 19.4 Å². The SMILES string of the molecule is CCOC1(CN)CCCCC1OC. The van der Waals surface area contributed by atoms with E-state index in [1.807, 2.05) is 6.92 Å². The molecule has 78 valence electrons. The predicted molar refractivity (Wildman–Crippen MR) is 52.7 cm³/mol. The molecule has 1 aliphatic rings. The van der Waals surface area contributed by atoms with Crippen molar-refractivity contribution in [1.82, 2.24) is 0 Å². The summed E-state index contributed by atoms with van der Waals surface area (Å²) in [5, 5.41) is 0. The second kappa shape index (κ2) is 4.94. The standard InChI is InChI=1S/C10H21NO2/c1-3-13-10(8-11)7-5-4-6-9(10)12-2/h9H,3-8,11H2,1-2H3. The molecule has 2 N–H and O–H groups in total. The number of hydrogen-bond acceptors (Lipinski definition) is 3. The van der Waals surface area contributed by atoms with Crippen LogP contribution in [0.4, 0.5) is 0 Å². The van der Waals surface area contributed by atoms with Gasteiger partial charge in [0.15, 0.2) is 0 Å². The number of nitrogens with two attached hydrogens (primary N) is 1. The highest BCUT2D eigenvalue weighted by Gasteiger charge is 2.40. The summed E-state index contributed by atoms with van der Waals surface area (Å²) in [5.74, 6) is 0. The van der Waals surface area contributed by atoms with E-state index in [4.69, 9.17) is 15.2 Å². The molecule has 0 bridgehead atoms. The zero-order valence-corrected chi connectivity index (χ0v) is 8.71. The van der Waals surface area contributed by atoms with E-state index < -0.39 is 0 Å². The van der Waals surface area contributed by atoms with E-state index in [1.54, 1.807) is 7.11 Å². The minimum atomic E-state index is -0.207. The molecule has 2 atom stereocenters. The molecule has 0 radical (unpaired) electrons.